The van der Waals surface area contributed by atoms with Crippen LogP contribution in [0.4, 0.5) is 18.9 Å². The minimum atomic E-state index is -4.77. The van der Waals surface area contributed by atoms with Crippen LogP contribution in [-0.4, -0.2) is 43.8 Å². The van der Waals surface area contributed by atoms with Crippen LogP contribution >= 0.6 is 11.6 Å². The number of anilines is 1. The Bertz CT molecular complexity index is 1870. The van der Waals surface area contributed by atoms with Gasteiger partial charge < -0.3 is 10.2 Å². The fourth-order valence-electron chi connectivity index (χ4n) is 5.96. The molecule has 258 valence electrons. The monoisotopic (exact) mass is 711 g/mol. The summed E-state index contributed by atoms with van der Waals surface area (Å²) in [6.07, 6.45) is -1.14. The number of halogens is 4. The predicted molar refractivity (Wildman–Crippen MR) is 183 cm³/mol. The molecule has 5 rings (SSSR count). The molecule has 1 aliphatic carbocycles. The van der Waals surface area contributed by atoms with Crippen LogP contribution in [0.25, 0.3) is 0 Å². The lowest BCUT2D eigenvalue weighted by atomic mass is 10.0. The lowest BCUT2D eigenvalue weighted by Crippen LogP contribution is -2.54. The molecule has 1 atom stereocenters. The summed E-state index contributed by atoms with van der Waals surface area (Å²) in [5.74, 6) is -1.19. The molecular formula is C37H37ClF3N3O4S. The van der Waals surface area contributed by atoms with E-state index in [9.17, 15) is 31.2 Å². The van der Waals surface area contributed by atoms with Crippen molar-refractivity contribution in [3.05, 3.63) is 130 Å². The Kier molecular flexibility index (Phi) is 11.3. The quantitative estimate of drug-likeness (QED) is 0.164. The van der Waals surface area contributed by atoms with Gasteiger partial charge in [0.1, 0.15) is 12.6 Å². The van der Waals surface area contributed by atoms with E-state index in [2.05, 4.69) is 5.32 Å². The molecule has 49 heavy (non-hydrogen) atoms. The summed E-state index contributed by atoms with van der Waals surface area (Å²) in [6, 6.07) is 24.3. The van der Waals surface area contributed by atoms with Crippen LogP contribution in [0, 0.1) is 6.92 Å². The standard InChI is InChI=1S/C37H37ClF3N3O4S/c1-26-17-19-33(20-18-26)49(47,48)44(32-16-8-12-29(23-32)37(39,40)41)25-35(45)43(24-28-11-7-13-30(38)21-28)34(22-27-9-3-2-4-10-27)36(46)42-31-14-5-6-15-31/h2-4,7-13,16-21,23,31,34H,5-6,14-15,22,24-25H2,1H3,(H,42,46)/t34-/m1/s1. The van der Waals surface area contributed by atoms with Gasteiger partial charge in [-0.3, -0.25) is 13.9 Å². The number of hydrogen-bond acceptors (Lipinski definition) is 4. The van der Waals surface area contributed by atoms with Crippen molar-refractivity contribution in [2.75, 3.05) is 10.8 Å². The predicted octanol–water partition coefficient (Wildman–Crippen LogP) is 7.56. The first-order chi connectivity index (χ1) is 23.3. The van der Waals surface area contributed by atoms with Crippen molar-refractivity contribution in [2.45, 2.75) is 68.7 Å². The Morgan fingerprint density at radius 1 is 0.878 bits per heavy atom. The van der Waals surface area contributed by atoms with E-state index in [-0.39, 0.29) is 29.6 Å². The van der Waals surface area contributed by atoms with Gasteiger partial charge in [0.15, 0.2) is 0 Å². The first-order valence-corrected chi connectivity index (χ1v) is 17.8. The Morgan fingerprint density at radius 2 is 1.53 bits per heavy atom. The van der Waals surface area contributed by atoms with E-state index in [1.165, 1.54) is 23.1 Å². The molecule has 0 radical (unpaired) electrons. The fourth-order valence-corrected chi connectivity index (χ4v) is 7.58. The second kappa shape index (κ2) is 15.5. The summed E-state index contributed by atoms with van der Waals surface area (Å²) in [6.45, 7) is 0.776. The number of carbonyl (C=O) groups is 2. The molecule has 2 amide bonds. The first-order valence-electron chi connectivity index (χ1n) is 16.0. The van der Waals surface area contributed by atoms with E-state index in [1.54, 1.807) is 43.3 Å². The smallest absolute Gasteiger partial charge is 0.352 e. The molecule has 7 nitrogen and oxygen atoms in total. The average Bonchev–Trinajstić information content (AvgIpc) is 3.58. The fraction of sp³-hybridized carbons (Fsp3) is 0.297. The highest BCUT2D eigenvalue weighted by molar-refractivity contribution is 7.92. The molecule has 0 aliphatic heterocycles. The van der Waals surface area contributed by atoms with Crippen LogP contribution < -0.4 is 9.62 Å². The second-order valence-electron chi connectivity index (χ2n) is 12.2. The molecule has 1 fully saturated rings. The van der Waals surface area contributed by atoms with Crippen molar-refractivity contribution in [1.82, 2.24) is 10.2 Å². The summed E-state index contributed by atoms with van der Waals surface area (Å²) < 4.78 is 70.5. The second-order valence-corrected chi connectivity index (χ2v) is 14.5. The topological polar surface area (TPSA) is 86.8 Å². The zero-order valence-electron chi connectivity index (χ0n) is 26.9. The van der Waals surface area contributed by atoms with E-state index in [4.69, 9.17) is 11.6 Å². The molecule has 0 unspecified atom stereocenters. The van der Waals surface area contributed by atoms with Crippen LogP contribution in [-0.2, 0) is 38.8 Å². The van der Waals surface area contributed by atoms with Crippen LogP contribution in [0.2, 0.25) is 5.02 Å². The lowest BCUT2D eigenvalue weighted by Gasteiger charge is -2.34. The molecule has 0 saturated heterocycles. The third-order valence-electron chi connectivity index (χ3n) is 8.56. The minimum Gasteiger partial charge on any atom is -0.352 e. The summed E-state index contributed by atoms with van der Waals surface area (Å²) in [5, 5.41) is 3.48. The Balaban J connectivity index is 1.60. The Labute approximate surface area is 289 Å². The molecule has 0 spiro atoms. The molecule has 1 N–H and O–H groups in total. The third kappa shape index (κ3) is 9.21. The summed E-state index contributed by atoms with van der Waals surface area (Å²) in [7, 11) is -4.57. The Hall–Kier alpha value is -4.35. The van der Waals surface area contributed by atoms with Crippen molar-refractivity contribution in [3.63, 3.8) is 0 Å². The number of aryl methyl sites for hydroxylation is 1. The van der Waals surface area contributed by atoms with Gasteiger partial charge in [-0.25, -0.2) is 8.42 Å². The van der Waals surface area contributed by atoms with Gasteiger partial charge in [-0.2, -0.15) is 13.2 Å². The highest BCUT2D eigenvalue weighted by atomic mass is 35.5. The normalized spacial score (nSPS) is 14.3. The number of amides is 2. The van der Waals surface area contributed by atoms with Gasteiger partial charge in [0.25, 0.3) is 10.0 Å². The van der Waals surface area contributed by atoms with Crippen molar-refractivity contribution >= 4 is 39.1 Å². The van der Waals surface area contributed by atoms with Gasteiger partial charge in [-0.1, -0.05) is 90.7 Å². The van der Waals surface area contributed by atoms with Gasteiger partial charge in [-0.05, 0) is 73.4 Å². The summed E-state index contributed by atoms with van der Waals surface area (Å²) >= 11 is 6.29. The number of sulfonamides is 1. The third-order valence-corrected chi connectivity index (χ3v) is 10.6. The van der Waals surface area contributed by atoms with Crippen LogP contribution in [0.15, 0.2) is 108 Å². The van der Waals surface area contributed by atoms with Gasteiger partial charge in [0.05, 0.1) is 16.1 Å². The number of alkyl halides is 3. The highest BCUT2D eigenvalue weighted by Crippen LogP contribution is 2.33. The number of rotatable bonds is 12. The van der Waals surface area contributed by atoms with Crippen molar-refractivity contribution in [2.24, 2.45) is 0 Å². The van der Waals surface area contributed by atoms with E-state index >= 15 is 0 Å². The summed E-state index contributed by atoms with van der Waals surface area (Å²) in [4.78, 5) is 29.8. The number of nitrogens with zero attached hydrogens (tertiary/aromatic N) is 2. The first kappa shape index (κ1) is 35.9. The number of nitrogens with one attached hydrogen (secondary N) is 1. The maximum atomic E-state index is 14.6. The largest absolute Gasteiger partial charge is 0.416 e. The van der Waals surface area contributed by atoms with Gasteiger partial charge in [-0.15, -0.1) is 0 Å². The van der Waals surface area contributed by atoms with Crippen LogP contribution in [0.1, 0.15) is 47.9 Å². The van der Waals surface area contributed by atoms with Crippen molar-refractivity contribution in [3.8, 4) is 0 Å². The minimum absolute atomic E-state index is 0.0718. The maximum absolute atomic E-state index is 14.6. The molecule has 0 aromatic heterocycles. The summed E-state index contributed by atoms with van der Waals surface area (Å²) in [5.41, 5.74) is 0.696. The Morgan fingerprint density at radius 3 is 2.18 bits per heavy atom. The molecule has 1 saturated carbocycles. The van der Waals surface area contributed by atoms with E-state index in [1.807, 2.05) is 30.3 Å². The number of hydrogen-bond donors (Lipinski definition) is 1. The molecule has 4 aromatic rings. The van der Waals surface area contributed by atoms with Crippen molar-refractivity contribution < 1.29 is 31.2 Å². The molecular weight excluding hydrogens is 675 g/mol. The zero-order chi connectivity index (χ0) is 35.2. The molecule has 4 aromatic carbocycles. The number of carbonyl (C=O) groups excluding carboxylic acids is 2. The van der Waals surface area contributed by atoms with Crippen LogP contribution in [0.3, 0.4) is 0 Å². The van der Waals surface area contributed by atoms with E-state index < -0.39 is 46.2 Å². The van der Waals surface area contributed by atoms with Crippen molar-refractivity contribution in [1.29, 1.82) is 0 Å². The molecule has 1 aliphatic rings. The van der Waals surface area contributed by atoms with Crippen LogP contribution in [0.5, 0.6) is 0 Å². The number of benzene rings is 4. The van der Waals surface area contributed by atoms with E-state index in [0.29, 0.717) is 21.0 Å². The van der Waals surface area contributed by atoms with Gasteiger partial charge in [0, 0.05) is 24.0 Å². The highest BCUT2D eigenvalue weighted by Gasteiger charge is 2.37. The average molecular weight is 712 g/mol. The lowest BCUT2D eigenvalue weighted by molar-refractivity contribution is -0.140. The maximum Gasteiger partial charge on any atom is 0.416 e. The molecule has 0 bridgehead atoms. The SMILES string of the molecule is Cc1ccc(S(=O)(=O)N(CC(=O)N(Cc2cccc(Cl)c2)[C@H](Cc2ccccc2)C(=O)NC2CCCC2)c2cccc(C(F)(F)F)c2)cc1. The molecule has 12 heteroatoms. The van der Waals surface area contributed by atoms with Gasteiger partial charge in [0.2, 0.25) is 11.8 Å². The zero-order valence-corrected chi connectivity index (χ0v) is 28.4. The van der Waals surface area contributed by atoms with Gasteiger partial charge >= 0.3 is 6.18 Å². The molecule has 0 heterocycles. The van der Waals surface area contributed by atoms with E-state index in [0.717, 1.165) is 48.9 Å².